The Labute approximate surface area is 82.4 Å². The van der Waals surface area contributed by atoms with Crippen molar-refractivity contribution in [3.63, 3.8) is 0 Å². The van der Waals surface area contributed by atoms with E-state index in [1.54, 1.807) is 13.0 Å². The predicted octanol–water partition coefficient (Wildman–Crippen LogP) is 2.44. The maximum absolute atomic E-state index is 12.9. The number of carbonyl (C=O) groups excluding carboxylic acids is 1. The van der Waals surface area contributed by atoms with Gasteiger partial charge < -0.3 is 5.11 Å². The van der Waals surface area contributed by atoms with E-state index in [9.17, 15) is 9.18 Å². The standard InChI is InChI=1S/C11H13FO2/c1-2-9(13)5-3-8-4-6-11(14)10(12)7-8/h4,6-7,14H,2-3,5H2,1H3. The van der Waals surface area contributed by atoms with Gasteiger partial charge in [0.05, 0.1) is 0 Å². The molecule has 0 aliphatic rings. The third kappa shape index (κ3) is 2.83. The molecule has 0 bridgehead atoms. The highest BCUT2D eigenvalue weighted by atomic mass is 19.1. The van der Waals surface area contributed by atoms with Crippen molar-refractivity contribution in [1.29, 1.82) is 0 Å². The van der Waals surface area contributed by atoms with Crippen molar-refractivity contribution in [2.45, 2.75) is 26.2 Å². The van der Waals surface area contributed by atoms with E-state index in [1.807, 2.05) is 0 Å². The molecule has 0 fully saturated rings. The van der Waals surface area contributed by atoms with E-state index in [2.05, 4.69) is 0 Å². The molecule has 0 aliphatic carbocycles. The van der Waals surface area contributed by atoms with Gasteiger partial charge in [-0.15, -0.1) is 0 Å². The summed E-state index contributed by atoms with van der Waals surface area (Å²) in [5.41, 5.74) is 0.738. The highest BCUT2D eigenvalue weighted by Crippen LogP contribution is 2.17. The lowest BCUT2D eigenvalue weighted by Gasteiger charge is -2.01. The topological polar surface area (TPSA) is 37.3 Å². The first-order valence-electron chi connectivity index (χ1n) is 4.62. The van der Waals surface area contributed by atoms with Crippen LogP contribution in [0.25, 0.3) is 0 Å². The summed E-state index contributed by atoms with van der Waals surface area (Å²) in [5, 5.41) is 8.93. The molecule has 0 saturated heterocycles. The number of aryl methyl sites for hydroxylation is 1. The summed E-state index contributed by atoms with van der Waals surface area (Å²) in [4.78, 5) is 11.0. The normalized spacial score (nSPS) is 10.1. The van der Waals surface area contributed by atoms with Gasteiger partial charge in [-0.25, -0.2) is 4.39 Å². The summed E-state index contributed by atoms with van der Waals surface area (Å²) in [7, 11) is 0. The largest absolute Gasteiger partial charge is 0.505 e. The average Bonchev–Trinajstić information content (AvgIpc) is 2.19. The number of rotatable bonds is 4. The van der Waals surface area contributed by atoms with Crippen LogP contribution < -0.4 is 0 Å². The quantitative estimate of drug-likeness (QED) is 0.803. The van der Waals surface area contributed by atoms with E-state index >= 15 is 0 Å². The summed E-state index contributed by atoms with van der Waals surface area (Å²) in [6.07, 6.45) is 1.48. The number of ketones is 1. The Morgan fingerprint density at radius 3 is 2.79 bits per heavy atom. The van der Waals surface area contributed by atoms with Gasteiger partial charge in [-0.05, 0) is 24.1 Å². The van der Waals surface area contributed by atoms with Gasteiger partial charge in [-0.3, -0.25) is 4.79 Å². The highest BCUT2D eigenvalue weighted by Gasteiger charge is 2.03. The minimum Gasteiger partial charge on any atom is -0.505 e. The Bertz CT molecular complexity index is 334. The molecule has 3 heteroatoms. The molecular formula is C11H13FO2. The zero-order valence-electron chi connectivity index (χ0n) is 8.09. The summed E-state index contributed by atoms with van der Waals surface area (Å²) in [6.45, 7) is 1.81. The number of benzene rings is 1. The fraction of sp³-hybridized carbons (Fsp3) is 0.364. The minimum absolute atomic E-state index is 0.165. The molecule has 0 amide bonds. The Morgan fingerprint density at radius 1 is 1.50 bits per heavy atom. The molecule has 2 nitrogen and oxygen atoms in total. The van der Waals surface area contributed by atoms with Gasteiger partial charge in [-0.1, -0.05) is 13.0 Å². The third-order valence-electron chi connectivity index (χ3n) is 2.10. The van der Waals surface area contributed by atoms with Crippen LogP contribution in [0.2, 0.25) is 0 Å². The van der Waals surface area contributed by atoms with E-state index in [4.69, 9.17) is 5.11 Å². The first kappa shape index (κ1) is 10.7. The molecule has 0 aliphatic heterocycles. The Morgan fingerprint density at radius 2 is 2.21 bits per heavy atom. The van der Waals surface area contributed by atoms with Gasteiger partial charge in [0.15, 0.2) is 11.6 Å². The SMILES string of the molecule is CCC(=O)CCc1ccc(O)c(F)c1. The molecule has 0 saturated carbocycles. The first-order chi connectivity index (χ1) is 6.63. The van der Waals surface area contributed by atoms with Crippen LogP contribution in [-0.2, 0) is 11.2 Å². The van der Waals surface area contributed by atoms with Gasteiger partial charge >= 0.3 is 0 Å². The molecule has 0 radical (unpaired) electrons. The van der Waals surface area contributed by atoms with Crippen molar-refractivity contribution in [2.75, 3.05) is 0 Å². The zero-order valence-corrected chi connectivity index (χ0v) is 8.09. The van der Waals surface area contributed by atoms with Crippen LogP contribution in [0.15, 0.2) is 18.2 Å². The highest BCUT2D eigenvalue weighted by molar-refractivity contribution is 5.78. The minimum atomic E-state index is -0.633. The van der Waals surface area contributed by atoms with Crippen LogP contribution in [0, 0.1) is 5.82 Å². The van der Waals surface area contributed by atoms with Crippen molar-refractivity contribution in [2.24, 2.45) is 0 Å². The Balaban J connectivity index is 2.60. The lowest BCUT2D eigenvalue weighted by atomic mass is 10.1. The molecule has 1 N–H and O–H groups in total. The van der Waals surface area contributed by atoms with E-state index in [0.29, 0.717) is 19.3 Å². The molecule has 0 spiro atoms. The first-order valence-corrected chi connectivity index (χ1v) is 4.62. The molecule has 1 aromatic carbocycles. The third-order valence-corrected chi connectivity index (χ3v) is 2.10. The van der Waals surface area contributed by atoms with Gasteiger partial charge in [0.2, 0.25) is 0 Å². The fourth-order valence-corrected chi connectivity index (χ4v) is 1.17. The molecule has 76 valence electrons. The van der Waals surface area contributed by atoms with Crippen molar-refractivity contribution < 1.29 is 14.3 Å². The van der Waals surface area contributed by atoms with Gasteiger partial charge in [0.1, 0.15) is 5.78 Å². The van der Waals surface area contributed by atoms with Gasteiger partial charge in [-0.2, -0.15) is 0 Å². The van der Waals surface area contributed by atoms with Crippen molar-refractivity contribution in [3.05, 3.63) is 29.6 Å². The number of hydrogen-bond donors (Lipinski definition) is 1. The number of aromatic hydroxyl groups is 1. The van der Waals surface area contributed by atoms with Crippen molar-refractivity contribution in [1.82, 2.24) is 0 Å². The number of hydrogen-bond acceptors (Lipinski definition) is 2. The smallest absolute Gasteiger partial charge is 0.165 e. The van der Waals surface area contributed by atoms with Gasteiger partial charge in [0, 0.05) is 12.8 Å². The molecular weight excluding hydrogens is 183 g/mol. The van der Waals surface area contributed by atoms with Crippen LogP contribution in [0.1, 0.15) is 25.3 Å². The zero-order chi connectivity index (χ0) is 10.6. The van der Waals surface area contributed by atoms with Gasteiger partial charge in [0.25, 0.3) is 0 Å². The molecule has 0 aromatic heterocycles. The number of halogens is 1. The summed E-state index contributed by atoms with van der Waals surface area (Å²) in [6, 6.07) is 4.20. The van der Waals surface area contributed by atoms with Crippen molar-refractivity contribution >= 4 is 5.78 Å². The molecule has 0 unspecified atom stereocenters. The number of Topliss-reactive ketones (excluding diaryl/α,β-unsaturated/α-hetero) is 1. The number of phenolic OH excluding ortho intramolecular Hbond substituents is 1. The monoisotopic (exact) mass is 196 g/mol. The van der Waals surface area contributed by atoms with E-state index < -0.39 is 5.82 Å². The van der Waals surface area contributed by atoms with Crippen LogP contribution in [0.5, 0.6) is 5.75 Å². The number of carbonyl (C=O) groups is 1. The molecule has 1 aromatic rings. The molecule has 0 heterocycles. The predicted molar refractivity (Wildman–Crippen MR) is 51.7 cm³/mol. The fourth-order valence-electron chi connectivity index (χ4n) is 1.17. The van der Waals surface area contributed by atoms with Crippen LogP contribution in [-0.4, -0.2) is 10.9 Å². The van der Waals surface area contributed by atoms with Crippen molar-refractivity contribution in [3.8, 4) is 5.75 Å². The lowest BCUT2D eigenvalue weighted by molar-refractivity contribution is -0.118. The van der Waals surface area contributed by atoms with E-state index in [1.165, 1.54) is 12.1 Å². The van der Waals surface area contributed by atoms with E-state index in [0.717, 1.165) is 5.56 Å². The maximum Gasteiger partial charge on any atom is 0.165 e. The second-order valence-electron chi connectivity index (χ2n) is 3.18. The maximum atomic E-state index is 12.9. The van der Waals surface area contributed by atoms with Crippen LogP contribution >= 0.6 is 0 Å². The second kappa shape index (κ2) is 4.74. The van der Waals surface area contributed by atoms with Crippen LogP contribution in [0.4, 0.5) is 4.39 Å². The summed E-state index contributed by atoms with van der Waals surface area (Å²) < 4.78 is 12.9. The molecule has 1 rings (SSSR count). The Kier molecular flexibility index (Phi) is 3.63. The molecule has 0 atom stereocenters. The summed E-state index contributed by atoms with van der Waals surface area (Å²) in [5.74, 6) is -0.819. The Hall–Kier alpha value is -1.38. The lowest BCUT2D eigenvalue weighted by Crippen LogP contribution is -1.97. The number of phenols is 1. The van der Waals surface area contributed by atoms with E-state index in [-0.39, 0.29) is 11.5 Å². The second-order valence-corrected chi connectivity index (χ2v) is 3.18. The summed E-state index contributed by atoms with van der Waals surface area (Å²) >= 11 is 0. The average molecular weight is 196 g/mol. The molecule has 14 heavy (non-hydrogen) atoms. The van der Waals surface area contributed by atoms with Crippen LogP contribution in [0.3, 0.4) is 0 Å².